The van der Waals surface area contributed by atoms with Crippen molar-refractivity contribution < 1.29 is 0 Å². The van der Waals surface area contributed by atoms with Crippen LogP contribution in [0.15, 0.2) is 4.79 Å². The Labute approximate surface area is 64.2 Å². The standard InChI is InChI=1S/C7H11N3O/c1-4-6-5(3-8-4)10(2)9-7(6)11/h4,8H,3H2,1-2H3,(H,9,11). The minimum absolute atomic E-state index is 0.0417. The number of nitrogens with zero attached hydrogens (tertiary/aromatic N) is 1. The minimum Gasteiger partial charge on any atom is -0.304 e. The van der Waals surface area contributed by atoms with E-state index in [2.05, 4.69) is 10.4 Å². The fourth-order valence-corrected chi connectivity index (χ4v) is 1.60. The predicted octanol–water partition coefficient (Wildman–Crippen LogP) is -0.122. The van der Waals surface area contributed by atoms with E-state index in [1.165, 1.54) is 0 Å². The number of aryl methyl sites for hydroxylation is 1. The highest BCUT2D eigenvalue weighted by Gasteiger charge is 2.24. The first kappa shape index (κ1) is 6.67. The third-order valence-electron chi connectivity index (χ3n) is 2.24. The summed E-state index contributed by atoms with van der Waals surface area (Å²) in [6.45, 7) is 2.80. The van der Waals surface area contributed by atoms with E-state index in [0.717, 1.165) is 17.8 Å². The molecule has 0 fully saturated rings. The van der Waals surface area contributed by atoms with Crippen LogP contribution in [0, 0.1) is 0 Å². The van der Waals surface area contributed by atoms with Gasteiger partial charge in [-0.05, 0) is 6.92 Å². The topological polar surface area (TPSA) is 49.8 Å². The molecular formula is C7H11N3O. The van der Waals surface area contributed by atoms with E-state index in [4.69, 9.17) is 0 Å². The summed E-state index contributed by atoms with van der Waals surface area (Å²) < 4.78 is 1.79. The third kappa shape index (κ3) is 0.758. The molecule has 0 saturated carbocycles. The molecule has 0 aliphatic carbocycles. The number of aromatic nitrogens is 2. The summed E-state index contributed by atoms with van der Waals surface area (Å²) in [5.41, 5.74) is 2.02. The molecule has 1 aliphatic rings. The van der Waals surface area contributed by atoms with Crippen LogP contribution in [0.5, 0.6) is 0 Å². The number of H-pyrrole nitrogens is 1. The summed E-state index contributed by atoms with van der Waals surface area (Å²) in [6.07, 6.45) is 0. The largest absolute Gasteiger partial charge is 0.304 e. The van der Waals surface area contributed by atoms with E-state index in [1.54, 1.807) is 4.68 Å². The van der Waals surface area contributed by atoms with E-state index < -0.39 is 0 Å². The molecule has 0 saturated heterocycles. The first-order valence-corrected chi connectivity index (χ1v) is 3.71. The molecule has 1 atom stereocenters. The molecule has 2 heterocycles. The van der Waals surface area contributed by atoms with Crippen molar-refractivity contribution in [2.24, 2.45) is 7.05 Å². The maximum Gasteiger partial charge on any atom is 0.269 e. The third-order valence-corrected chi connectivity index (χ3v) is 2.24. The van der Waals surface area contributed by atoms with Gasteiger partial charge in [-0.15, -0.1) is 0 Å². The van der Waals surface area contributed by atoms with Gasteiger partial charge in [-0.3, -0.25) is 14.6 Å². The van der Waals surface area contributed by atoms with E-state index >= 15 is 0 Å². The Kier molecular flexibility index (Phi) is 1.20. The van der Waals surface area contributed by atoms with Crippen molar-refractivity contribution >= 4 is 0 Å². The first-order chi connectivity index (χ1) is 5.20. The van der Waals surface area contributed by atoms with Crippen LogP contribution in [0.3, 0.4) is 0 Å². The Hall–Kier alpha value is -1.03. The Balaban J connectivity index is 2.69. The summed E-state index contributed by atoms with van der Waals surface area (Å²) in [4.78, 5) is 11.2. The zero-order valence-electron chi connectivity index (χ0n) is 6.64. The number of nitrogens with one attached hydrogen (secondary N) is 2. The van der Waals surface area contributed by atoms with Crippen molar-refractivity contribution in [3.05, 3.63) is 21.6 Å². The van der Waals surface area contributed by atoms with Gasteiger partial charge in [0, 0.05) is 19.6 Å². The van der Waals surface area contributed by atoms with Gasteiger partial charge in [0.1, 0.15) is 0 Å². The maximum absolute atomic E-state index is 11.2. The van der Waals surface area contributed by atoms with E-state index in [0.29, 0.717) is 0 Å². The van der Waals surface area contributed by atoms with Gasteiger partial charge in [0.2, 0.25) is 0 Å². The Morgan fingerprint density at radius 3 is 3.00 bits per heavy atom. The van der Waals surface area contributed by atoms with Crippen LogP contribution in [-0.2, 0) is 13.6 Å². The predicted molar refractivity (Wildman–Crippen MR) is 41.3 cm³/mol. The van der Waals surface area contributed by atoms with Crippen molar-refractivity contribution in [3.63, 3.8) is 0 Å². The Morgan fingerprint density at radius 1 is 1.64 bits per heavy atom. The minimum atomic E-state index is 0.0417. The average molecular weight is 153 g/mol. The summed E-state index contributed by atoms with van der Waals surface area (Å²) >= 11 is 0. The summed E-state index contributed by atoms with van der Waals surface area (Å²) in [5, 5.41) is 5.94. The monoisotopic (exact) mass is 153 g/mol. The van der Waals surface area contributed by atoms with Crippen LogP contribution >= 0.6 is 0 Å². The molecule has 0 aromatic carbocycles. The highest BCUT2D eigenvalue weighted by molar-refractivity contribution is 5.25. The van der Waals surface area contributed by atoms with E-state index in [9.17, 15) is 4.79 Å². The van der Waals surface area contributed by atoms with Crippen LogP contribution in [-0.4, -0.2) is 9.78 Å². The molecule has 4 heteroatoms. The normalized spacial score (nSPS) is 22.2. The molecule has 1 aromatic heterocycles. The molecule has 4 nitrogen and oxygen atoms in total. The average Bonchev–Trinajstić information content (AvgIpc) is 2.41. The Morgan fingerprint density at radius 2 is 2.36 bits per heavy atom. The fraction of sp³-hybridized carbons (Fsp3) is 0.571. The number of fused-ring (bicyclic) bond motifs is 1. The molecule has 60 valence electrons. The summed E-state index contributed by atoms with van der Waals surface area (Å²) in [5.74, 6) is 0. The van der Waals surface area contributed by atoms with Gasteiger partial charge in [-0.25, -0.2) is 0 Å². The molecule has 0 amide bonds. The molecule has 2 rings (SSSR count). The van der Waals surface area contributed by atoms with Crippen molar-refractivity contribution in [1.29, 1.82) is 0 Å². The summed E-state index contributed by atoms with van der Waals surface area (Å²) in [6, 6.07) is 0.204. The van der Waals surface area contributed by atoms with Gasteiger partial charge in [-0.2, -0.15) is 0 Å². The first-order valence-electron chi connectivity index (χ1n) is 3.71. The van der Waals surface area contributed by atoms with Crippen molar-refractivity contribution in [2.45, 2.75) is 19.5 Å². The van der Waals surface area contributed by atoms with E-state index in [-0.39, 0.29) is 11.6 Å². The molecule has 1 unspecified atom stereocenters. The molecule has 1 aliphatic heterocycles. The molecule has 2 N–H and O–H groups in total. The Bertz CT molecular complexity index is 336. The molecule has 1 aromatic rings. The molecule has 0 radical (unpaired) electrons. The number of hydrogen-bond acceptors (Lipinski definition) is 2. The van der Waals surface area contributed by atoms with Gasteiger partial charge in [0.15, 0.2) is 0 Å². The second-order valence-electron chi connectivity index (χ2n) is 2.96. The van der Waals surface area contributed by atoms with E-state index in [1.807, 2.05) is 14.0 Å². The lowest BCUT2D eigenvalue weighted by molar-refractivity contribution is 0.599. The molecule has 11 heavy (non-hydrogen) atoms. The SMILES string of the molecule is CC1NCc2c1c(=O)[nH]n2C. The number of rotatable bonds is 0. The van der Waals surface area contributed by atoms with Crippen LogP contribution in [0.1, 0.15) is 24.2 Å². The lowest BCUT2D eigenvalue weighted by atomic mass is 10.2. The molecule has 0 spiro atoms. The highest BCUT2D eigenvalue weighted by atomic mass is 16.1. The summed E-state index contributed by atoms with van der Waals surface area (Å²) in [7, 11) is 1.86. The second kappa shape index (κ2) is 1.98. The van der Waals surface area contributed by atoms with Gasteiger partial charge in [-0.1, -0.05) is 0 Å². The molecular weight excluding hydrogens is 142 g/mol. The van der Waals surface area contributed by atoms with Crippen molar-refractivity contribution in [3.8, 4) is 0 Å². The van der Waals surface area contributed by atoms with Crippen LogP contribution in [0.2, 0.25) is 0 Å². The van der Waals surface area contributed by atoms with Gasteiger partial charge in [0.05, 0.1) is 11.3 Å². The van der Waals surface area contributed by atoms with Crippen LogP contribution < -0.4 is 10.9 Å². The van der Waals surface area contributed by atoms with Crippen LogP contribution in [0.25, 0.3) is 0 Å². The zero-order chi connectivity index (χ0) is 8.01. The van der Waals surface area contributed by atoms with Gasteiger partial charge < -0.3 is 5.32 Å². The van der Waals surface area contributed by atoms with Gasteiger partial charge in [0.25, 0.3) is 5.56 Å². The second-order valence-corrected chi connectivity index (χ2v) is 2.96. The molecule has 0 bridgehead atoms. The van der Waals surface area contributed by atoms with Gasteiger partial charge >= 0.3 is 0 Å². The number of hydrogen-bond donors (Lipinski definition) is 2. The quantitative estimate of drug-likeness (QED) is 0.546. The van der Waals surface area contributed by atoms with Crippen molar-refractivity contribution in [2.75, 3.05) is 0 Å². The van der Waals surface area contributed by atoms with Crippen LogP contribution in [0.4, 0.5) is 0 Å². The smallest absolute Gasteiger partial charge is 0.269 e. The number of aromatic amines is 1. The van der Waals surface area contributed by atoms with Crippen molar-refractivity contribution in [1.82, 2.24) is 15.1 Å². The highest BCUT2D eigenvalue weighted by Crippen LogP contribution is 2.19. The lowest BCUT2D eigenvalue weighted by Gasteiger charge is -1.98. The maximum atomic E-state index is 11.2. The zero-order valence-corrected chi connectivity index (χ0v) is 6.64. The lowest BCUT2D eigenvalue weighted by Crippen LogP contribution is -2.16. The fourth-order valence-electron chi connectivity index (χ4n) is 1.60.